The average molecular weight is 242 g/mol. The Morgan fingerprint density at radius 2 is 1.94 bits per heavy atom. The largest absolute Gasteiger partial charge is 0.478 e. The third kappa shape index (κ3) is 6.14. The van der Waals surface area contributed by atoms with Crippen molar-refractivity contribution in [2.24, 2.45) is 0 Å². The molecule has 1 unspecified atom stereocenters. The summed E-state index contributed by atoms with van der Waals surface area (Å²) < 4.78 is 4.86. The van der Waals surface area contributed by atoms with Crippen molar-refractivity contribution in [3.63, 3.8) is 0 Å². The summed E-state index contributed by atoms with van der Waals surface area (Å²) in [5, 5.41) is 17.2. The van der Waals surface area contributed by atoms with Gasteiger partial charge in [0.1, 0.15) is 6.10 Å². The minimum absolute atomic E-state index is 0.155. The topological polar surface area (TPSA) is 101 Å². The van der Waals surface area contributed by atoms with Gasteiger partial charge in [-0.15, -0.1) is 0 Å². The highest BCUT2D eigenvalue weighted by molar-refractivity contribution is 5.94. The minimum atomic E-state index is -1.35. The molecular formula is C11H14O6. The Balaban J connectivity index is 4.72. The molecule has 0 rings (SSSR count). The second kappa shape index (κ2) is 7.21. The van der Waals surface area contributed by atoms with E-state index >= 15 is 0 Å². The Hall–Kier alpha value is -2.11. The molecule has 17 heavy (non-hydrogen) atoms. The number of rotatable bonds is 7. The van der Waals surface area contributed by atoms with Gasteiger partial charge in [0.15, 0.2) is 0 Å². The number of carbonyl (C=O) groups excluding carboxylic acids is 1. The highest BCUT2D eigenvalue weighted by Gasteiger charge is 2.18. The molecule has 0 bridgehead atoms. The monoisotopic (exact) mass is 242 g/mol. The summed E-state index contributed by atoms with van der Waals surface area (Å²) in [6.07, 6.45) is 1.10. The Morgan fingerprint density at radius 1 is 1.35 bits per heavy atom. The fourth-order valence-electron chi connectivity index (χ4n) is 1.08. The van der Waals surface area contributed by atoms with E-state index in [1.807, 2.05) is 0 Å². The van der Waals surface area contributed by atoms with Gasteiger partial charge >= 0.3 is 17.9 Å². The third-order valence-electron chi connectivity index (χ3n) is 1.92. The van der Waals surface area contributed by atoms with Gasteiger partial charge in [0, 0.05) is 24.1 Å². The molecule has 0 aliphatic heterocycles. The number of hydrogen-bond donors (Lipinski definition) is 2. The molecule has 0 aliphatic carbocycles. The molecule has 0 aromatic heterocycles. The van der Waals surface area contributed by atoms with E-state index in [4.69, 9.17) is 14.9 Å². The lowest BCUT2D eigenvalue weighted by Gasteiger charge is -2.14. The van der Waals surface area contributed by atoms with Gasteiger partial charge in [-0.1, -0.05) is 13.5 Å². The number of carboxylic acids is 2. The molecule has 1 atom stereocenters. The van der Waals surface area contributed by atoms with Gasteiger partial charge in [0.25, 0.3) is 0 Å². The van der Waals surface area contributed by atoms with Crippen molar-refractivity contribution in [3.8, 4) is 0 Å². The van der Waals surface area contributed by atoms with Crippen LogP contribution in [0, 0.1) is 0 Å². The van der Waals surface area contributed by atoms with Crippen LogP contribution in [0.4, 0.5) is 0 Å². The van der Waals surface area contributed by atoms with E-state index < -0.39 is 24.0 Å². The van der Waals surface area contributed by atoms with Gasteiger partial charge in [-0.2, -0.15) is 0 Å². The summed E-state index contributed by atoms with van der Waals surface area (Å²) >= 11 is 0. The first kappa shape index (κ1) is 14.9. The van der Waals surface area contributed by atoms with Crippen molar-refractivity contribution < 1.29 is 29.3 Å². The summed E-state index contributed by atoms with van der Waals surface area (Å²) in [5.74, 6) is -3.37. The zero-order chi connectivity index (χ0) is 13.4. The maximum Gasteiger partial charge on any atom is 0.331 e. The van der Waals surface area contributed by atoms with Crippen LogP contribution >= 0.6 is 0 Å². The first-order valence-electron chi connectivity index (χ1n) is 4.90. The maximum absolute atomic E-state index is 10.9. The second-order valence-corrected chi connectivity index (χ2v) is 3.19. The lowest BCUT2D eigenvalue weighted by Crippen LogP contribution is -2.19. The molecule has 0 aliphatic rings. The number of esters is 1. The van der Waals surface area contributed by atoms with Crippen LogP contribution in [0.3, 0.4) is 0 Å². The Morgan fingerprint density at radius 3 is 2.29 bits per heavy atom. The molecule has 0 saturated heterocycles. The molecule has 6 heteroatoms. The molecule has 0 aromatic carbocycles. The normalized spacial score (nSPS) is 12.6. The van der Waals surface area contributed by atoms with E-state index in [2.05, 4.69) is 6.58 Å². The van der Waals surface area contributed by atoms with Crippen molar-refractivity contribution in [1.82, 2.24) is 0 Å². The first-order valence-corrected chi connectivity index (χ1v) is 4.90. The van der Waals surface area contributed by atoms with Gasteiger partial charge in [-0.3, -0.25) is 0 Å². The summed E-state index contributed by atoms with van der Waals surface area (Å²) in [6.45, 7) is 4.91. The van der Waals surface area contributed by atoms with Crippen molar-refractivity contribution in [3.05, 3.63) is 24.3 Å². The van der Waals surface area contributed by atoms with Gasteiger partial charge in [-0.05, 0) is 6.42 Å². The summed E-state index contributed by atoms with van der Waals surface area (Å²) in [7, 11) is 0. The van der Waals surface area contributed by atoms with Gasteiger partial charge in [0.05, 0.1) is 0 Å². The van der Waals surface area contributed by atoms with Crippen molar-refractivity contribution >= 4 is 17.9 Å². The summed E-state index contributed by atoms with van der Waals surface area (Å²) in [6, 6.07) is 0. The maximum atomic E-state index is 10.9. The van der Waals surface area contributed by atoms with Crippen LogP contribution in [0.15, 0.2) is 24.3 Å². The zero-order valence-corrected chi connectivity index (χ0v) is 9.38. The highest BCUT2D eigenvalue weighted by Crippen LogP contribution is 2.12. The predicted molar refractivity (Wildman–Crippen MR) is 58.3 cm³/mol. The first-order chi connectivity index (χ1) is 7.90. The number of hydrogen-bond acceptors (Lipinski definition) is 4. The highest BCUT2D eigenvalue weighted by atomic mass is 16.5. The van der Waals surface area contributed by atoms with Crippen LogP contribution in [0.25, 0.3) is 0 Å². The van der Waals surface area contributed by atoms with E-state index in [1.54, 1.807) is 6.92 Å². The smallest absolute Gasteiger partial charge is 0.331 e. The lowest BCUT2D eigenvalue weighted by molar-refractivity contribution is -0.144. The zero-order valence-electron chi connectivity index (χ0n) is 9.38. The standard InChI is InChI=1S/C11H14O6/c1-3-8(17-10(14)4-2)5-7(11(15)16)6-9(12)13/h4,6,8H,2-3,5H2,1H3,(H,12,13)(H,15,16)/b7-6-. The van der Waals surface area contributed by atoms with E-state index in [9.17, 15) is 14.4 Å². The minimum Gasteiger partial charge on any atom is -0.478 e. The molecule has 0 heterocycles. The van der Waals surface area contributed by atoms with Crippen LogP contribution in [-0.2, 0) is 19.1 Å². The van der Waals surface area contributed by atoms with Crippen LogP contribution < -0.4 is 0 Å². The molecule has 2 N–H and O–H groups in total. The van der Waals surface area contributed by atoms with Crippen molar-refractivity contribution in [1.29, 1.82) is 0 Å². The lowest BCUT2D eigenvalue weighted by atomic mass is 10.1. The van der Waals surface area contributed by atoms with E-state index in [0.29, 0.717) is 12.5 Å². The summed E-state index contributed by atoms with van der Waals surface area (Å²) in [5.41, 5.74) is -0.318. The van der Waals surface area contributed by atoms with Gasteiger partial charge in [-0.25, -0.2) is 14.4 Å². The third-order valence-corrected chi connectivity index (χ3v) is 1.92. The number of ether oxygens (including phenoxy) is 1. The molecular weight excluding hydrogens is 228 g/mol. The van der Waals surface area contributed by atoms with Crippen LogP contribution in [-0.4, -0.2) is 34.2 Å². The van der Waals surface area contributed by atoms with Crippen LogP contribution in [0.1, 0.15) is 19.8 Å². The Labute approximate surface area is 98.2 Å². The molecule has 6 nitrogen and oxygen atoms in total. The Bertz CT molecular complexity index is 355. The predicted octanol–water partition coefficient (Wildman–Crippen LogP) is 0.980. The van der Waals surface area contributed by atoms with Crippen LogP contribution in [0.2, 0.25) is 0 Å². The molecule has 0 radical (unpaired) electrons. The molecule has 0 fully saturated rings. The molecule has 0 aromatic rings. The number of carboxylic acid groups (broad SMARTS) is 2. The number of carbonyl (C=O) groups is 3. The van der Waals surface area contributed by atoms with Crippen molar-refractivity contribution in [2.75, 3.05) is 0 Å². The summed E-state index contributed by atoms with van der Waals surface area (Å²) in [4.78, 5) is 32.1. The molecule has 94 valence electrons. The van der Waals surface area contributed by atoms with Gasteiger partial charge < -0.3 is 14.9 Å². The van der Waals surface area contributed by atoms with E-state index in [-0.39, 0.29) is 12.0 Å². The molecule has 0 spiro atoms. The average Bonchev–Trinajstić information content (AvgIpc) is 2.25. The van der Waals surface area contributed by atoms with E-state index in [1.165, 1.54) is 0 Å². The fraction of sp³-hybridized carbons (Fsp3) is 0.364. The van der Waals surface area contributed by atoms with E-state index in [0.717, 1.165) is 6.08 Å². The van der Waals surface area contributed by atoms with Gasteiger partial charge in [0.2, 0.25) is 0 Å². The second-order valence-electron chi connectivity index (χ2n) is 3.19. The Kier molecular flexibility index (Phi) is 6.32. The fourth-order valence-corrected chi connectivity index (χ4v) is 1.08. The number of aliphatic carboxylic acids is 2. The van der Waals surface area contributed by atoms with Crippen LogP contribution in [0.5, 0.6) is 0 Å². The molecule has 0 amide bonds. The SMILES string of the molecule is C=CC(=O)OC(CC)C/C(=C/C(=O)O)C(=O)O. The van der Waals surface area contributed by atoms with Crippen molar-refractivity contribution in [2.45, 2.75) is 25.9 Å². The quantitative estimate of drug-likeness (QED) is 0.509. The molecule has 0 saturated carbocycles.